The van der Waals surface area contributed by atoms with Crippen LogP contribution in [0.5, 0.6) is 0 Å². The van der Waals surface area contributed by atoms with Crippen molar-refractivity contribution in [2.75, 3.05) is 11.9 Å². The number of aromatic nitrogens is 3. The Morgan fingerprint density at radius 2 is 1.93 bits per heavy atom. The standard InChI is InChI=1S/C30H24ClN6O3S3/c1-4-36-26(38)22(25-32-24-20(40-25)11-8-14-34(24)2)42-28(36)23-27(39)37(16-17-9-6-5-7-10-17)30(43-23)33-29-35(3)19-13-12-18(31)15-21(19)41-29/h5-15H,4,16H2,1-3H3/q+1/b25-22-,28-23?. The van der Waals surface area contributed by atoms with Crippen LogP contribution in [0.2, 0.25) is 5.02 Å². The van der Waals surface area contributed by atoms with Gasteiger partial charge >= 0.3 is 5.13 Å². The van der Waals surface area contributed by atoms with Crippen LogP contribution in [0, 0.1) is 10.1 Å². The Morgan fingerprint density at radius 3 is 2.70 bits per heavy atom. The van der Waals surface area contributed by atoms with Crippen molar-refractivity contribution >= 4 is 89.3 Å². The molecule has 9 nitrogen and oxygen atoms in total. The molecule has 5 heterocycles. The molecule has 3 aromatic heterocycles. The fourth-order valence-corrected chi connectivity index (χ4v) is 8.57. The lowest BCUT2D eigenvalue weighted by molar-refractivity contribution is -0.627. The van der Waals surface area contributed by atoms with Crippen molar-refractivity contribution in [2.24, 2.45) is 12.0 Å². The van der Waals surface area contributed by atoms with Crippen LogP contribution in [0.15, 0.2) is 75.0 Å². The maximum atomic E-state index is 14.1. The summed E-state index contributed by atoms with van der Waals surface area (Å²) in [6.45, 7) is 2.61. The Bertz CT molecular complexity index is 2280. The predicted molar refractivity (Wildman–Crippen MR) is 173 cm³/mol. The third kappa shape index (κ3) is 4.84. The van der Waals surface area contributed by atoms with Crippen LogP contribution in [-0.2, 0) is 24.9 Å². The number of amides is 1. The molecule has 0 unspecified atom stereocenters. The van der Waals surface area contributed by atoms with Crippen molar-refractivity contribution in [2.45, 2.75) is 20.0 Å². The Balaban J connectivity index is 1.43. The number of halogens is 1. The number of hydrogen-bond donors (Lipinski definition) is 0. The van der Waals surface area contributed by atoms with Gasteiger partial charge in [0, 0.05) is 24.8 Å². The Labute approximate surface area is 262 Å². The molecule has 13 heteroatoms. The van der Waals surface area contributed by atoms with Gasteiger partial charge in [-0.3, -0.25) is 19.1 Å². The first-order chi connectivity index (χ1) is 20.8. The zero-order chi connectivity index (χ0) is 29.8. The molecule has 1 amide bonds. The second-order valence-electron chi connectivity index (χ2n) is 9.87. The summed E-state index contributed by atoms with van der Waals surface area (Å²) in [6.07, 6.45) is 5.55. The second-order valence-corrected chi connectivity index (χ2v) is 13.3. The second kappa shape index (κ2) is 10.9. The molecule has 0 radical (unpaired) electrons. The Hall–Kier alpha value is -3.97. The summed E-state index contributed by atoms with van der Waals surface area (Å²) >= 11 is 10.2. The number of amidine groups is 1. The van der Waals surface area contributed by atoms with E-state index in [9.17, 15) is 9.59 Å². The number of hydrogen-bond acceptors (Lipinski definition) is 9. The van der Waals surface area contributed by atoms with E-state index in [1.807, 2.05) is 97.4 Å². The molecule has 216 valence electrons. The molecule has 1 fully saturated rings. The summed E-state index contributed by atoms with van der Waals surface area (Å²) in [4.78, 5) is 41.3. The number of carbonyl (C=O) groups is 1. The quantitative estimate of drug-likeness (QED) is 0.272. The molecule has 7 rings (SSSR count). The van der Waals surface area contributed by atoms with Gasteiger partial charge in [0.05, 0.1) is 18.3 Å². The van der Waals surface area contributed by atoms with Crippen LogP contribution in [0.1, 0.15) is 12.5 Å². The van der Waals surface area contributed by atoms with Crippen molar-refractivity contribution in [3.8, 4) is 0 Å². The van der Waals surface area contributed by atoms with Gasteiger partial charge in [-0.15, -0.1) is 11.3 Å². The van der Waals surface area contributed by atoms with E-state index in [0.717, 1.165) is 20.9 Å². The lowest BCUT2D eigenvalue weighted by Crippen LogP contribution is -2.32. The van der Waals surface area contributed by atoms with Gasteiger partial charge in [-0.25, -0.2) is 4.57 Å². The molecule has 2 aliphatic rings. The van der Waals surface area contributed by atoms with Gasteiger partial charge < -0.3 is 9.32 Å². The molecule has 0 atom stereocenters. The zero-order valence-corrected chi connectivity index (χ0v) is 26.5. The van der Waals surface area contributed by atoms with Crippen LogP contribution >= 0.6 is 46.0 Å². The number of benzene rings is 2. The minimum atomic E-state index is -0.245. The van der Waals surface area contributed by atoms with Gasteiger partial charge in [0.15, 0.2) is 15.8 Å². The van der Waals surface area contributed by atoms with E-state index in [1.54, 1.807) is 9.47 Å². The first-order valence-corrected chi connectivity index (χ1v) is 16.2. The molecule has 1 saturated heterocycles. The number of nitrogens with zero attached hydrogens (tertiary/aromatic N) is 6. The number of thiazole rings is 2. The Morgan fingerprint density at radius 1 is 1.12 bits per heavy atom. The summed E-state index contributed by atoms with van der Waals surface area (Å²) in [5, 5.41) is 1.92. The van der Waals surface area contributed by atoms with E-state index in [1.165, 1.54) is 34.4 Å². The van der Waals surface area contributed by atoms with Crippen LogP contribution in [0.25, 0.3) is 21.2 Å². The van der Waals surface area contributed by atoms with E-state index in [-0.39, 0.29) is 17.0 Å². The highest BCUT2D eigenvalue weighted by Gasteiger charge is 2.39. The van der Waals surface area contributed by atoms with Crippen molar-refractivity contribution in [3.05, 3.63) is 102 Å². The number of aliphatic imine (C=N–C) groups is 1. The molecule has 5 aromatic rings. The highest BCUT2D eigenvalue weighted by atomic mass is 35.5. The molecule has 0 spiro atoms. The van der Waals surface area contributed by atoms with Gasteiger partial charge in [-0.2, -0.15) is 4.98 Å². The minimum absolute atomic E-state index is 0.210. The van der Waals surface area contributed by atoms with E-state index >= 15 is 0 Å². The highest BCUT2D eigenvalue weighted by molar-refractivity contribution is 8.23. The lowest BCUT2D eigenvalue weighted by atomic mass is 10.2. The minimum Gasteiger partial charge on any atom is -0.433 e. The van der Waals surface area contributed by atoms with Gasteiger partial charge in [0.2, 0.25) is 5.55 Å². The molecule has 0 saturated carbocycles. The summed E-state index contributed by atoms with van der Waals surface area (Å²) in [5.74, 6) is 0.424. The van der Waals surface area contributed by atoms with Gasteiger partial charge in [0.25, 0.3) is 16.6 Å². The highest BCUT2D eigenvalue weighted by Crippen LogP contribution is 2.36. The van der Waals surface area contributed by atoms with E-state index in [4.69, 9.17) is 21.0 Å². The van der Waals surface area contributed by atoms with Gasteiger partial charge in [-0.05, 0) is 70.9 Å². The Kier molecular flexibility index (Phi) is 7.08. The monoisotopic (exact) mass is 647 g/mol. The SMILES string of the molecule is CCn1c(=C2SC(=Nc3sc4cc(Cl)ccc4[n+]3C)N(Cc3ccccc3)C2=O)s/c(=c2/nc3c(o2)=CC=CN3C)c1=O. The number of allylic oxidation sites excluding steroid dienone is 1. The maximum absolute atomic E-state index is 14.1. The van der Waals surface area contributed by atoms with Crippen molar-refractivity contribution in [1.29, 1.82) is 0 Å². The summed E-state index contributed by atoms with van der Waals surface area (Å²) in [7, 11) is 3.82. The predicted octanol–water partition coefficient (Wildman–Crippen LogP) is 4.21. The van der Waals surface area contributed by atoms with Crippen LogP contribution < -0.4 is 25.1 Å². The van der Waals surface area contributed by atoms with Crippen LogP contribution in [-0.4, -0.2) is 32.6 Å². The zero-order valence-electron chi connectivity index (χ0n) is 23.3. The summed E-state index contributed by atoms with van der Waals surface area (Å²) in [5.41, 5.74) is 2.54. The largest absolute Gasteiger partial charge is 0.433 e. The molecular weight excluding hydrogens is 624 g/mol. The maximum Gasteiger partial charge on any atom is 0.385 e. The fourth-order valence-electron chi connectivity index (χ4n) is 4.93. The van der Waals surface area contributed by atoms with Gasteiger partial charge in [-0.1, -0.05) is 41.9 Å². The smallest absolute Gasteiger partial charge is 0.385 e. The number of thioether (sulfide) groups is 1. The number of aryl methyl sites for hydroxylation is 1. The molecule has 2 aliphatic heterocycles. The number of anilines is 1. The van der Waals surface area contributed by atoms with Crippen molar-refractivity contribution < 1.29 is 13.8 Å². The topological polar surface area (TPSA) is 87.8 Å². The first-order valence-electron chi connectivity index (χ1n) is 13.4. The molecular formula is C30H24ClN6O3S3+. The first kappa shape index (κ1) is 27.8. The molecule has 0 aliphatic carbocycles. The van der Waals surface area contributed by atoms with E-state index in [2.05, 4.69) is 4.98 Å². The molecule has 0 N–H and O–H groups in total. The van der Waals surface area contributed by atoms with Crippen LogP contribution in [0.3, 0.4) is 0 Å². The lowest BCUT2D eigenvalue weighted by Gasteiger charge is -2.12. The number of fused-ring (bicyclic) bond motifs is 2. The average molecular weight is 648 g/mol. The number of oxazole rings is 1. The van der Waals surface area contributed by atoms with E-state index < -0.39 is 0 Å². The van der Waals surface area contributed by atoms with Crippen LogP contribution in [0.4, 0.5) is 10.9 Å². The van der Waals surface area contributed by atoms with Gasteiger partial charge in [0.1, 0.15) is 15.1 Å². The molecule has 0 bridgehead atoms. The average Bonchev–Trinajstić information content (AvgIpc) is 3.73. The van der Waals surface area contributed by atoms with Crippen molar-refractivity contribution in [3.63, 3.8) is 0 Å². The molecule has 43 heavy (non-hydrogen) atoms. The summed E-state index contributed by atoms with van der Waals surface area (Å²) < 4.78 is 11.5. The van der Waals surface area contributed by atoms with E-state index in [0.29, 0.717) is 48.6 Å². The molecule has 2 aromatic carbocycles. The normalized spacial score (nSPS) is 17.8. The van der Waals surface area contributed by atoms with Crippen molar-refractivity contribution in [1.82, 2.24) is 14.5 Å². The summed E-state index contributed by atoms with van der Waals surface area (Å²) in [6, 6.07) is 15.5. The third-order valence-corrected chi connectivity index (χ3v) is 10.8. The fraction of sp³-hybridized carbons (Fsp3) is 0.167. The number of rotatable bonds is 4. The number of carbonyl (C=O) groups excluding carboxylic acids is 1. The third-order valence-electron chi connectivity index (χ3n) is 7.12.